The maximum Gasteiger partial charge on any atom is 0.311 e. The van der Waals surface area contributed by atoms with Gasteiger partial charge in [-0.05, 0) is 37.3 Å². The molecule has 0 bridgehead atoms. The van der Waals surface area contributed by atoms with Crippen LogP contribution < -0.4 is 0 Å². The smallest absolute Gasteiger partial charge is 0.311 e. The Morgan fingerprint density at radius 1 is 0.769 bits per heavy atom. The molecule has 2 saturated carbocycles. The summed E-state index contributed by atoms with van der Waals surface area (Å²) in [5.41, 5.74) is 0. The number of aliphatic carboxylic acids is 1. The normalized spacial score (nSPS) is 32.2. The minimum absolute atomic E-state index is 0.259. The summed E-state index contributed by atoms with van der Waals surface area (Å²) >= 11 is 5.53. The summed E-state index contributed by atoms with van der Waals surface area (Å²) in [5.74, 6) is -2.97. The Kier molecular flexibility index (Phi) is 6.56. The zero-order valence-electron chi connectivity index (χ0n) is 14.9. The first kappa shape index (κ1) is 20.0. The van der Waals surface area contributed by atoms with Crippen LogP contribution >= 0.6 is 11.6 Å². The van der Waals surface area contributed by atoms with Crippen LogP contribution in [0.3, 0.4) is 0 Å². The molecule has 0 aromatic carbocycles. The number of carboxylic acid groups (broad SMARTS) is 1. The highest BCUT2D eigenvalue weighted by molar-refractivity contribution is 6.64. The Morgan fingerprint density at radius 2 is 1.19 bits per heavy atom. The van der Waals surface area contributed by atoms with E-state index in [1.165, 1.54) is 0 Å². The number of carbonyl (C=O) groups is 2. The highest BCUT2D eigenvalue weighted by atomic mass is 35.5. The van der Waals surface area contributed by atoms with Crippen LogP contribution in [0.5, 0.6) is 0 Å². The molecule has 2 heterocycles. The van der Waals surface area contributed by atoms with Gasteiger partial charge in [-0.15, -0.1) is 0 Å². The molecule has 0 amide bonds. The fourth-order valence-electron chi connectivity index (χ4n) is 4.46. The number of rotatable bonds is 2. The van der Waals surface area contributed by atoms with Gasteiger partial charge in [0.1, 0.15) is 5.92 Å². The topological polar surface area (TPSA) is 91.3 Å². The van der Waals surface area contributed by atoms with Crippen molar-refractivity contribution in [2.75, 3.05) is 26.4 Å². The second kappa shape index (κ2) is 8.52. The molecule has 26 heavy (non-hydrogen) atoms. The molecule has 148 valence electrons. The first-order chi connectivity index (χ1) is 12.5. The first-order valence-electron chi connectivity index (χ1n) is 9.47. The van der Waals surface area contributed by atoms with Crippen LogP contribution in [0.4, 0.5) is 0 Å². The van der Waals surface area contributed by atoms with Gasteiger partial charge in [-0.1, -0.05) is 12.8 Å². The number of hydrogen-bond donors (Lipinski definition) is 1. The van der Waals surface area contributed by atoms with Gasteiger partial charge in [-0.25, -0.2) is 0 Å². The third-order valence-electron chi connectivity index (χ3n) is 5.72. The van der Waals surface area contributed by atoms with E-state index in [-0.39, 0.29) is 11.2 Å². The quantitative estimate of drug-likeness (QED) is 0.724. The van der Waals surface area contributed by atoms with Gasteiger partial charge in [0.15, 0.2) is 11.6 Å². The van der Waals surface area contributed by atoms with E-state index in [0.717, 1.165) is 44.9 Å². The maximum absolute atomic E-state index is 11.2. The fourth-order valence-corrected chi connectivity index (χ4v) is 4.73. The molecule has 2 spiro atoms. The molecule has 0 aromatic heterocycles. The highest BCUT2D eigenvalue weighted by Crippen LogP contribution is 2.42. The minimum Gasteiger partial charge on any atom is -0.481 e. The van der Waals surface area contributed by atoms with Gasteiger partial charge in [0.25, 0.3) is 0 Å². The lowest BCUT2D eigenvalue weighted by molar-refractivity contribution is -0.219. The van der Waals surface area contributed by atoms with E-state index in [1.807, 2.05) is 0 Å². The summed E-state index contributed by atoms with van der Waals surface area (Å²) in [5, 5.41) is 8.69. The van der Waals surface area contributed by atoms with Gasteiger partial charge < -0.3 is 24.1 Å². The SMILES string of the molecule is O=C(Cl)C1CCCCC12OCCO2.O=C(O)C1CCCCC12OCCO2. The molecule has 1 N–H and O–H groups in total. The summed E-state index contributed by atoms with van der Waals surface area (Å²) in [6.45, 7) is 2.23. The molecule has 8 heteroatoms. The number of halogens is 1. The largest absolute Gasteiger partial charge is 0.481 e. The summed E-state index contributed by atoms with van der Waals surface area (Å²) in [4.78, 5) is 22.1. The average Bonchev–Trinajstić information content (AvgIpc) is 3.27. The van der Waals surface area contributed by atoms with E-state index in [9.17, 15) is 9.59 Å². The van der Waals surface area contributed by atoms with Crippen LogP contribution in [0.2, 0.25) is 0 Å². The van der Waals surface area contributed by atoms with E-state index in [4.69, 9.17) is 35.7 Å². The molecule has 0 aromatic rings. The lowest BCUT2D eigenvalue weighted by Crippen LogP contribution is -2.45. The van der Waals surface area contributed by atoms with E-state index in [2.05, 4.69) is 0 Å². The van der Waals surface area contributed by atoms with Gasteiger partial charge in [0.05, 0.1) is 32.3 Å². The zero-order chi connectivity index (χ0) is 18.6. The second-order valence-corrected chi connectivity index (χ2v) is 7.63. The Hall–Kier alpha value is -0.730. The number of hydrogen-bond acceptors (Lipinski definition) is 6. The van der Waals surface area contributed by atoms with Crippen LogP contribution in [-0.2, 0) is 28.5 Å². The van der Waals surface area contributed by atoms with Crippen molar-refractivity contribution in [1.29, 1.82) is 0 Å². The Balaban J connectivity index is 0.000000151. The first-order valence-corrected chi connectivity index (χ1v) is 9.85. The molecule has 0 radical (unpaired) electrons. The molecule has 4 aliphatic rings. The third kappa shape index (κ3) is 4.07. The molecular formula is C18H27ClO7. The van der Waals surface area contributed by atoms with Crippen molar-refractivity contribution in [3.05, 3.63) is 0 Å². The molecule has 2 saturated heterocycles. The predicted molar refractivity (Wildman–Crippen MR) is 91.7 cm³/mol. The van der Waals surface area contributed by atoms with Crippen LogP contribution in [0.1, 0.15) is 51.4 Å². The van der Waals surface area contributed by atoms with Gasteiger partial charge in [-0.2, -0.15) is 0 Å². The Labute approximate surface area is 158 Å². The van der Waals surface area contributed by atoms with Crippen LogP contribution in [-0.4, -0.2) is 54.3 Å². The molecule has 2 atom stereocenters. The van der Waals surface area contributed by atoms with Crippen molar-refractivity contribution in [2.45, 2.75) is 62.9 Å². The van der Waals surface area contributed by atoms with Crippen molar-refractivity contribution >= 4 is 22.8 Å². The van der Waals surface area contributed by atoms with E-state index in [1.54, 1.807) is 0 Å². The molecule has 7 nitrogen and oxygen atoms in total. The lowest BCUT2D eigenvalue weighted by Gasteiger charge is -2.37. The van der Waals surface area contributed by atoms with E-state index < -0.39 is 23.5 Å². The Morgan fingerprint density at radius 3 is 1.62 bits per heavy atom. The van der Waals surface area contributed by atoms with Crippen molar-refractivity contribution in [3.63, 3.8) is 0 Å². The summed E-state index contributed by atoms with van der Waals surface area (Å²) < 4.78 is 22.0. The van der Waals surface area contributed by atoms with Gasteiger partial charge in [0, 0.05) is 12.8 Å². The second-order valence-electron chi connectivity index (χ2n) is 7.26. The summed E-state index contributed by atoms with van der Waals surface area (Å²) in [6, 6.07) is 0. The highest BCUT2D eigenvalue weighted by Gasteiger charge is 2.50. The molecule has 4 fully saturated rings. The predicted octanol–water partition coefficient (Wildman–Crippen LogP) is 2.69. The van der Waals surface area contributed by atoms with Crippen LogP contribution in [0.15, 0.2) is 0 Å². The Bertz CT molecular complexity index is 466. The fraction of sp³-hybridized carbons (Fsp3) is 0.889. The zero-order valence-corrected chi connectivity index (χ0v) is 15.7. The molecular weight excluding hydrogens is 364 g/mol. The summed E-state index contributed by atoms with van der Waals surface area (Å²) in [7, 11) is 0. The van der Waals surface area contributed by atoms with Crippen LogP contribution in [0.25, 0.3) is 0 Å². The number of carbonyl (C=O) groups excluding carboxylic acids is 1. The van der Waals surface area contributed by atoms with Crippen LogP contribution in [0, 0.1) is 11.8 Å². The molecule has 4 rings (SSSR count). The van der Waals surface area contributed by atoms with Crippen molar-refractivity contribution in [3.8, 4) is 0 Å². The maximum atomic E-state index is 11.2. The van der Waals surface area contributed by atoms with Crippen molar-refractivity contribution in [2.24, 2.45) is 11.8 Å². The van der Waals surface area contributed by atoms with Crippen molar-refractivity contribution in [1.82, 2.24) is 0 Å². The van der Waals surface area contributed by atoms with Gasteiger partial charge in [-0.3, -0.25) is 9.59 Å². The van der Waals surface area contributed by atoms with Gasteiger partial charge >= 0.3 is 5.97 Å². The summed E-state index contributed by atoms with van der Waals surface area (Å²) in [6.07, 6.45) is 7.06. The van der Waals surface area contributed by atoms with Crippen molar-refractivity contribution < 1.29 is 33.6 Å². The monoisotopic (exact) mass is 390 g/mol. The third-order valence-corrected chi connectivity index (χ3v) is 5.99. The molecule has 2 aliphatic carbocycles. The minimum atomic E-state index is -0.790. The standard InChI is InChI=1S/C9H13ClO3.C9H14O4/c2*10-8(11)7-3-1-2-4-9(7)12-5-6-13-9/h7H,1-6H2;7H,1-6H2,(H,10,11). The lowest BCUT2D eigenvalue weighted by atomic mass is 9.83. The van der Waals surface area contributed by atoms with E-state index >= 15 is 0 Å². The van der Waals surface area contributed by atoms with E-state index in [0.29, 0.717) is 32.8 Å². The molecule has 2 aliphatic heterocycles. The van der Waals surface area contributed by atoms with Gasteiger partial charge in [0.2, 0.25) is 5.24 Å². The average molecular weight is 391 g/mol. The number of carboxylic acids is 1. The number of ether oxygens (including phenoxy) is 4. The molecule has 2 unspecified atom stereocenters.